The minimum atomic E-state index is -0.493. The average molecular weight is 307 g/mol. The molecule has 3 rings (SSSR count). The van der Waals surface area contributed by atoms with E-state index in [1.54, 1.807) is 30.3 Å². The van der Waals surface area contributed by atoms with Crippen molar-refractivity contribution < 1.29 is 19.1 Å². The van der Waals surface area contributed by atoms with E-state index in [0.29, 0.717) is 11.6 Å². The molecule has 5 nitrogen and oxygen atoms in total. The Bertz CT molecular complexity index is 805. The summed E-state index contributed by atoms with van der Waals surface area (Å²) in [5.41, 5.74) is 1.73. The van der Waals surface area contributed by atoms with Crippen LogP contribution in [0.25, 0.3) is 6.08 Å². The number of rotatable bonds is 3. The van der Waals surface area contributed by atoms with Gasteiger partial charge in [-0.15, -0.1) is 0 Å². The molecular formula is C18H13NO4. The quantitative estimate of drug-likeness (QED) is 0.497. The molecule has 2 aromatic carbocycles. The van der Waals surface area contributed by atoms with Crippen molar-refractivity contribution in [3.63, 3.8) is 0 Å². The number of esters is 2. The molecule has 0 N–H and O–H groups in total. The van der Waals surface area contributed by atoms with Crippen LogP contribution in [0.1, 0.15) is 18.1 Å². The number of carbonyl (C=O) groups excluding carboxylic acids is 2. The molecule has 5 heteroatoms. The van der Waals surface area contributed by atoms with Crippen LogP contribution in [0.4, 0.5) is 0 Å². The summed E-state index contributed by atoms with van der Waals surface area (Å²) in [7, 11) is 0. The van der Waals surface area contributed by atoms with Crippen LogP contribution in [0.15, 0.2) is 65.3 Å². The van der Waals surface area contributed by atoms with Gasteiger partial charge in [-0.3, -0.25) is 4.79 Å². The Balaban J connectivity index is 1.83. The summed E-state index contributed by atoms with van der Waals surface area (Å²) >= 11 is 0. The fourth-order valence-electron chi connectivity index (χ4n) is 2.07. The maximum atomic E-state index is 11.9. The summed E-state index contributed by atoms with van der Waals surface area (Å²) in [6.45, 7) is 1.34. The first-order chi connectivity index (χ1) is 11.1. The normalized spacial score (nSPS) is 15.3. The van der Waals surface area contributed by atoms with Crippen molar-refractivity contribution >= 4 is 23.9 Å². The van der Waals surface area contributed by atoms with Gasteiger partial charge in [-0.05, 0) is 35.9 Å². The summed E-state index contributed by atoms with van der Waals surface area (Å²) in [6.07, 6.45) is 1.62. The zero-order chi connectivity index (χ0) is 16.2. The monoisotopic (exact) mass is 307 g/mol. The van der Waals surface area contributed by atoms with Crippen LogP contribution < -0.4 is 4.74 Å². The lowest BCUT2D eigenvalue weighted by atomic mass is 10.2. The van der Waals surface area contributed by atoms with Crippen LogP contribution in [0, 0.1) is 0 Å². The molecule has 23 heavy (non-hydrogen) atoms. The van der Waals surface area contributed by atoms with E-state index in [2.05, 4.69) is 4.99 Å². The van der Waals surface area contributed by atoms with E-state index >= 15 is 0 Å². The molecule has 1 aliphatic rings. The SMILES string of the molecule is CC(=O)Oc1ccc(/C=C2\N=C(c3ccccc3)OC2=O)cc1. The summed E-state index contributed by atoms with van der Waals surface area (Å²) < 4.78 is 10.1. The number of carbonyl (C=O) groups is 2. The summed E-state index contributed by atoms with van der Waals surface area (Å²) in [5.74, 6) is -0.138. The van der Waals surface area contributed by atoms with Crippen LogP contribution >= 0.6 is 0 Å². The molecule has 0 saturated heterocycles. The first-order valence-corrected chi connectivity index (χ1v) is 6.98. The molecule has 1 heterocycles. The lowest BCUT2D eigenvalue weighted by molar-refractivity contribution is -0.132. The Labute approximate surface area is 132 Å². The molecule has 0 fully saturated rings. The Kier molecular flexibility index (Phi) is 4.01. The number of hydrogen-bond donors (Lipinski definition) is 0. The molecule has 0 aliphatic carbocycles. The fraction of sp³-hybridized carbons (Fsp3) is 0.0556. The summed E-state index contributed by atoms with van der Waals surface area (Å²) in [4.78, 5) is 27.0. The molecule has 2 aromatic rings. The molecule has 1 aliphatic heterocycles. The Hall–Kier alpha value is -3.21. The maximum Gasteiger partial charge on any atom is 0.363 e. The van der Waals surface area contributed by atoms with E-state index in [4.69, 9.17) is 9.47 Å². The van der Waals surface area contributed by atoms with E-state index in [0.717, 1.165) is 11.1 Å². The minimum absolute atomic E-state index is 0.226. The summed E-state index contributed by atoms with van der Waals surface area (Å²) in [6, 6.07) is 16.0. The second-order valence-corrected chi connectivity index (χ2v) is 4.86. The van der Waals surface area contributed by atoms with Gasteiger partial charge in [-0.2, -0.15) is 0 Å². The van der Waals surface area contributed by atoms with Crippen molar-refractivity contribution in [1.82, 2.24) is 0 Å². The Morgan fingerprint density at radius 1 is 1.09 bits per heavy atom. The van der Waals surface area contributed by atoms with E-state index in [1.165, 1.54) is 6.92 Å². The van der Waals surface area contributed by atoms with Crippen LogP contribution in [0.3, 0.4) is 0 Å². The molecule has 114 valence electrons. The van der Waals surface area contributed by atoms with Gasteiger partial charge in [0.05, 0.1) is 0 Å². The predicted octanol–water partition coefficient (Wildman–Crippen LogP) is 2.96. The van der Waals surface area contributed by atoms with Crippen LogP contribution in [0.2, 0.25) is 0 Å². The third-order valence-corrected chi connectivity index (χ3v) is 3.09. The van der Waals surface area contributed by atoms with E-state index < -0.39 is 5.97 Å². The van der Waals surface area contributed by atoms with Crippen LogP contribution in [-0.2, 0) is 14.3 Å². The number of cyclic esters (lactones) is 1. The van der Waals surface area contributed by atoms with E-state index in [-0.39, 0.29) is 11.7 Å². The highest BCUT2D eigenvalue weighted by Crippen LogP contribution is 2.20. The lowest BCUT2D eigenvalue weighted by Gasteiger charge is -2.00. The molecule has 0 saturated carbocycles. The van der Waals surface area contributed by atoms with E-state index in [1.807, 2.05) is 30.3 Å². The number of ether oxygens (including phenoxy) is 2. The standard InChI is InChI=1S/C18H13NO4/c1-12(20)22-15-9-7-13(8-10-15)11-16-18(21)23-17(19-16)14-5-3-2-4-6-14/h2-11H,1H3/b16-11-. The van der Waals surface area contributed by atoms with Crippen LogP contribution in [-0.4, -0.2) is 17.8 Å². The molecule has 0 atom stereocenters. The van der Waals surface area contributed by atoms with Gasteiger partial charge in [0, 0.05) is 12.5 Å². The lowest BCUT2D eigenvalue weighted by Crippen LogP contribution is -2.04. The largest absolute Gasteiger partial charge is 0.427 e. The first kappa shape index (κ1) is 14.7. The number of hydrogen-bond acceptors (Lipinski definition) is 5. The van der Waals surface area contributed by atoms with Gasteiger partial charge in [0.2, 0.25) is 5.90 Å². The van der Waals surface area contributed by atoms with Crippen molar-refractivity contribution in [3.05, 3.63) is 71.4 Å². The third kappa shape index (κ3) is 3.52. The molecule has 0 radical (unpaired) electrons. The molecule has 0 unspecified atom stereocenters. The topological polar surface area (TPSA) is 65.0 Å². The Morgan fingerprint density at radius 2 is 1.78 bits per heavy atom. The smallest absolute Gasteiger partial charge is 0.363 e. The van der Waals surface area contributed by atoms with Crippen molar-refractivity contribution in [2.75, 3.05) is 0 Å². The number of nitrogens with zero attached hydrogens (tertiary/aromatic N) is 1. The molecule has 0 spiro atoms. The van der Waals surface area contributed by atoms with Gasteiger partial charge < -0.3 is 9.47 Å². The highest BCUT2D eigenvalue weighted by molar-refractivity contribution is 6.12. The molecular weight excluding hydrogens is 294 g/mol. The van der Waals surface area contributed by atoms with Crippen molar-refractivity contribution in [2.24, 2.45) is 4.99 Å². The van der Waals surface area contributed by atoms with Crippen molar-refractivity contribution in [2.45, 2.75) is 6.92 Å². The molecule has 0 bridgehead atoms. The maximum absolute atomic E-state index is 11.9. The summed E-state index contributed by atoms with van der Waals surface area (Å²) in [5, 5.41) is 0. The van der Waals surface area contributed by atoms with Gasteiger partial charge in [0.25, 0.3) is 0 Å². The third-order valence-electron chi connectivity index (χ3n) is 3.09. The van der Waals surface area contributed by atoms with Gasteiger partial charge in [0.1, 0.15) is 5.75 Å². The highest BCUT2D eigenvalue weighted by Gasteiger charge is 2.23. The van der Waals surface area contributed by atoms with E-state index in [9.17, 15) is 9.59 Å². The van der Waals surface area contributed by atoms with Gasteiger partial charge in [-0.25, -0.2) is 9.79 Å². The first-order valence-electron chi connectivity index (χ1n) is 6.98. The zero-order valence-corrected chi connectivity index (χ0v) is 12.4. The van der Waals surface area contributed by atoms with Crippen molar-refractivity contribution in [3.8, 4) is 5.75 Å². The minimum Gasteiger partial charge on any atom is -0.427 e. The second-order valence-electron chi connectivity index (χ2n) is 4.86. The van der Waals surface area contributed by atoms with Gasteiger partial charge in [0.15, 0.2) is 5.70 Å². The molecule has 0 amide bonds. The van der Waals surface area contributed by atoms with Crippen LogP contribution in [0.5, 0.6) is 5.75 Å². The van der Waals surface area contributed by atoms with Gasteiger partial charge in [-0.1, -0.05) is 30.3 Å². The second kappa shape index (κ2) is 6.27. The Morgan fingerprint density at radius 3 is 2.43 bits per heavy atom. The number of aliphatic imine (C=N–C) groups is 1. The predicted molar refractivity (Wildman–Crippen MR) is 84.8 cm³/mol. The highest BCUT2D eigenvalue weighted by atomic mass is 16.6. The number of benzene rings is 2. The average Bonchev–Trinajstić information content (AvgIpc) is 2.91. The van der Waals surface area contributed by atoms with Crippen molar-refractivity contribution in [1.29, 1.82) is 0 Å². The zero-order valence-electron chi connectivity index (χ0n) is 12.4. The molecule has 0 aromatic heterocycles. The van der Waals surface area contributed by atoms with Gasteiger partial charge >= 0.3 is 11.9 Å². The fourth-order valence-corrected chi connectivity index (χ4v) is 2.07.